The van der Waals surface area contributed by atoms with Crippen molar-refractivity contribution in [3.05, 3.63) is 45.1 Å². The maximum atomic E-state index is 12.3. The highest BCUT2D eigenvalue weighted by Gasteiger charge is 2.24. The molecule has 0 saturated heterocycles. The minimum atomic E-state index is -0.0956. The van der Waals surface area contributed by atoms with E-state index in [1.54, 1.807) is 0 Å². The van der Waals surface area contributed by atoms with Gasteiger partial charge >= 0.3 is 0 Å². The fourth-order valence-corrected chi connectivity index (χ4v) is 3.71. The quantitative estimate of drug-likeness (QED) is 0.865. The normalized spacial score (nSPS) is 13.8. The van der Waals surface area contributed by atoms with E-state index in [0.29, 0.717) is 4.88 Å². The molecule has 20 heavy (non-hydrogen) atoms. The van der Waals surface area contributed by atoms with Crippen molar-refractivity contribution >= 4 is 50.3 Å². The lowest BCUT2D eigenvalue weighted by Gasteiger charge is -2.30. The van der Waals surface area contributed by atoms with Crippen LogP contribution in [0.3, 0.4) is 0 Å². The Morgan fingerprint density at radius 3 is 2.90 bits per heavy atom. The van der Waals surface area contributed by atoms with E-state index in [0.717, 1.165) is 15.8 Å². The molecule has 102 valence electrons. The summed E-state index contributed by atoms with van der Waals surface area (Å²) in [4.78, 5) is 26.5. The standard InChI is InChI=1S/C14H11BrN2O2S/c15-9-5-6-20-14(9)12(18)7-17-8-13(19)16-10-3-1-2-4-11(10)17/h1-6H,7-8H2,(H,16,19). The van der Waals surface area contributed by atoms with Crippen LogP contribution in [0.15, 0.2) is 40.2 Å². The van der Waals surface area contributed by atoms with Gasteiger partial charge in [-0.15, -0.1) is 11.3 Å². The molecule has 0 bridgehead atoms. The van der Waals surface area contributed by atoms with Gasteiger partial charge in [-0.25, -0.2) is 0 Å². The third-order valence-electron chi connectivity index (χ3n) is 3.06. The number of ketones is 1. The number of fused-ring (bicyclic) bond motifs is 1. The molecule has 0 radical (unpaired) electrons. The van der Waals surface area contributed by atoms with Gasteiger partial charge in [0, 0.05) is 4.47 Å². The van der Waals surface area contributed by atoms with Crippen LogP contribution in [0.1, 0.15) is 9.67 Å². The molecular formula is C14H11BrN2O2S. The number of benzene rings is 1. The summed E-state index contributed by atoms with van der Waals surface area (Å²) in [6.45, 7) is 0.398. The molecule has 0 spiro atoms. The van der Waals surface area contributed by atoms with Crippen molar-refractivity contribution in [1.29, 1.82) is 0 Å². The van der Waals surface area contributed by atoms with Gasteiger partial charge in [0.2, 0.25) is 5.91 Å². The largest absolute Gasteiger partial charge is 0.353 e. The molecule has 2 aromatic rings. The highest BCUT2D eigenvalue weighted by molar-refractivity contribution is 9.10. The summed E-state index contributed by atoms with van der Waals surface area (Å²) in [5.74, 6) is -0.0851. The van der Waals surface area contributed by atoms with Crippen molar-refractivity contribution in [3.8, 4) is 0 Å². The molecule has 6 heteroatoms. The van der Waals surface area contributed by atoms with Gasteiger partial charge in [0.1, 0.15) is 0 Å². The second kappa shape index (κ2) is 5.38. The minimum absolute atomic E-state index is 0.0105. The summed E-state index contributed by atoms with van der Waals surface area (Å²) < 4.78 is 0.808. The Bertz CT molecular complexity index is 683. The number of rotatable bonds is 3. The lowest BCUT2D eigenvalue weighted by molar-refractivity contribution is -0.115. The summed E-state index contributed by atoms with van der Waals surface area (Å²) >= 11 is 4.77. The molecule has 1 aliphatic heterocycles. The molecule has 1 aliphatic rings. The van der Waals surface area contributed by atoms with Crippen LogP contribution < -0.4 is 10.2 Å². The molecule has 0 aliphatic carbocycles. The Labute approximate surface area is 128 Å². The minimum Gasteiger partial charge on any atom is -0.353 e. The van der Waals surface area contributed by atoms with E-state index in [4.69, 9.17) is 0 Å². The lowest BCUT2D eigenvalue weighted by Crippen LogP contribution is -2.41. The molecule has 2 heterocycles. The molecule has 0 unspecified atom stereocenters. The van der Waals surface area contributed by atoms with Gasteiger partial charge in [-0.05, 0) is 39.5 Å². The van der Waals surface area contributed by atoms with Crippen LogP contribution in [-0.4, -0.2) is 24.8 Å². The third-order valence-corrected chi connectivity index (χ3v) is 4.94. The van der Waals surface area contributed by atoms with E-state index >= 15 is 0 Å². The van der Waals surface area contributed by atoms with Crippen LogP contribution >= 0.6 is 27.3 Å². The number of carbonyl (C=O) groups excluding carboxylic acids is 2. The SMILES string of the molecule is O=C1CN(CC(=O)c2sccc2Br)c2ccccc2N1. The summed E-state index contributed by atoms with van der Waals surface area (Å²) in [6.07, 6.45) is 0. The average molecular weight is 351 g/mol. The monoisotopic (exact) mass is 350 g/mol. The van der Waals surface area contributed by atoms with Gasteiger partial charge in [-0.1, -0.05) is 12.1 Å². The van der Waals surface area contributed by atoms with Crippen LogP contribution in [-0.2, 0) is 4.79 Å². The zero-order valence-corrected chi connectivity index (χ0v) is 12.8. The maximum absolute atomic E-state index is 12.3. The molecule has 1 aromatic heterocycles. The zero-order chi connectivity index (χ0) is 14.1. The van der Waals surface area contributed by atoms with E-state index in [1.165, 1.54) is 11.3 Å². The Kier molecular flexibility index (Phi) is 3.58. The number of nitrogens with one attached hydrogen (secondary N) is 1. The van der Waals surface area contributed by atoms with Crippen LogP contribution in [0.25, 0.3) is 0 Å². The number of nitrogens with zero attached hydrogens (tertiary/aromatic N) is 1. The molecule has 3 rings (SSSR count). The van der Waals surface area contributed by atoms with Crippen LogP contribution in [0.4, 0.5) is 11.4 Å². The Balaban J connectivity index is 1.86. The Morgan fingerprint density at radius 2 is 2.15 bits per heavy atom. The first kappa shape index (κ1) is 13.3. The predicted octanol–water partition coefficient (Wildman–Crippen LogP) is 3.15. The number of Topliss-reactive ketones (excluding diaryl/α,β-unsaturated/α-hetero) is 1. The summed E-state index contributed by atoms with van der Waals surface area (Å²) in [5.41, 5.74) is 1.63. The number of halogens is 1. The van der Waals surface area contributed by atoms with E-state index in [2.05, 4.69) is 21.2 Å². The summed E-state index contributed by atoms with van der Waals surface area (Å²) in [5, 5.41) is 4.68. The number of anilines is 2. The summed E-state index contributed by atoms with van der Waals surface area (Å²) in [6, 6.07) is 9.36. The first-order chi connectivity index (χ1) is 9.65. The maximum Gasteiger partial charge on any atom is 0.243 e. The number of amides is 1. The third kappa shape index (κ3) is 2.48. The average Bonchev–Trinajstić information content (AvgIpc) is 2.85. The molecular weight excluding hydrogens is 340 g/mol. The number of hydrogen-bond donors (Lipinski definition) is 1. The number of carbonyl (C=O) groups is 2. The number of hydrogen-bond acceptors (Lipinski definition) is 4. The fourth-order valence-electron chi connectivity index (χ4n) is 2.18. The van der Waals surface area contributed by atoms with Crippen molar-refractivity contribution in [1.82, 2.24) is 0 Å². The van der Waals surface area contributed by atoms with E-state index in [9.17, 15) is 9.59 Å². The van der Waals surface area contributed by atoms with Gasteiger partial charge in [0.15, 0.2) is 5.78 Å². The molecule has 0 atom stereocenters. The van der Waals surface area contributed by atoms with Gasteiger partial charge in [-0.2, -0.15) is 0 Å². The molecule has 1 amide bonds. The lowest BCUT2D eigenvalue weighted by atomic mass is 10.1. The highest BCUT2D eigenvalue weighted by Crippen LogP contribution is 2.30. The van der Waals surface area contributed by atoms with Gasteiger partial charge in [0.05, 0.1) is 29.3 Å². The summed E-state index contributed by atoms with van der Waals surface area (Å²) in [7, 11) is 0. The van der Waals surface area contributed by atoms with Gasteiger partial charge < -0.3 is 10.2 Å². The van der Waals surface area contributed by atoms with Crippen LogP contribution in [0.5, 0.6) is 0 Å². The van der Waals surface area contributed by atoms with E-state index in [-0.39, 0.29) is 24.8 Å². The Hall–Kier alpha value is -1.66. The van der Waals surface area contributed by atoms with Crippen LogP contribution in [0.2, 0.25) is 0 Å². The molecule has 1 N–H and O–H groups in total. The molecule has 1 aromatic carbocycles. The number of thiophene rings is 1. The highest BCUT2D eigenvalue weighted by atomic mass is 79.9. The van der Waals surface area contributed by atoms with Crippen molar-refractivity contribution < 1.29 is 9.59 Å². The first-order valence-electron chi connectivity index (χ1n) is 6.05. The van der Waals surface area contributed by atoms with Crippen molar-refractivity contribution in [2.24, 2.45) is 0 Å². The molecule has 0 saturated carbocycles. The topological polar surface area (TPSA) is 49.4 Å². The van der Waals surface area contributed by atoms with E-state index in [1.807, 2.05) is 40.6 Å². The second-order valence-electron chi connectivity index (χ2n) is 4.44. The Morgan fingerprint density at radius 1 is 1.35 bits per heavy atom. The number of para-hydroxylation sites is 2. The van der Waals surface area contributed by atoms with Crippen molar-refractivity contribution in [3.63, 3.8) is 0 Å². The predicted molar refractivity (Wildman–Crippen MR) is 83.6 cm³/mol. The second-order valence-corrected chi connectivity index (χ2v) is 6.21. The molecule has 4 nitrogen and oxygen atoms in total. The van der Waals surface area contributed by atoms with Gasteiger partial charge in [-0.3, -0.25) is 9.59 Å². The fraction of sp³-hybridized carbons (Fsp3) is 0.143. The van der Waals surface area contributed by atoms with Crippen molar-refractivity contribution in [2.45, 2.75) is 0 Å². The van der Waals surface area contributed by atoms with Gasteiger partial charge in [0.25, 0.3) is 0 Å². The smallest absolute Gasteiger partial charge is 0.243 e. The van der Waals surface area contributed by atoms with Crippen molar-refractivity contribution in [2.75, 3.05) is 23.3 Å². The van der Waals surface area contributed by atoms with Crippen LogP contribution in [0, 0.1) is 0 Å². The molecule has 0 fully saturated rings. The van der Waals surface area contributed by atoms with E-state index < -0.39 is 0 Å². The first-order valence-corrected chi connectivity index (χ1v) is 7.72. The zero-order valence-electron chi connectivity index (χ0n) is 10.4.